The van der Waals surface area contributed by atoms with Crippen LogP contribution in [0.1, 0.15) is 38.8 Å². The minimum absolute atomic E-state index is 0.161. The number of hydrogen-bond acceptors (Lipinski definition) is 3. The van der Waals surface area contributed by atoms with E-state index in [0.29, 0.717) is 6.42 Å². The minimum atomic E-state index is -0.502. The molecule has 0 unspecified atom stereocenters. The molecule has 0 bridgehead atoms. The summed E-state index contributed by atoms with van der Waals surface area (Å²) in [6.07, 6.45) is 5.38. The lowest BCUT2D eigenvalue weighted by molar-refractivity contribution is 0.0504. The number of amides is 1. The maximum atomic E-state index is 11.7. The van der Waals surface area contributed by atoms with Crippen LogP contribution in [0.3, 0.4) is 0 Å². The molecule has 0 saturated heterocycles. The number of nitrogens with one attached hydrogen (secondary N) is 1. The van der Waals surface area contributed by atoms with Crippen molar-refractivity contribution in [3.8, 4) is 0 Å². The number of carbonyl (C=O) groups is 1. The number of aromatic nitrogens is 1. The van der Waals surface area contributed by atoms with Gasteiger partial charge in [0.05, 0.1) is 6.04 Å². The van der Waals surface area contributed by atoms with E-state index in [1.54, 1.807) is 18.5 Å². The van der Waals surface area contributed by atoms with E-state index in [1.165, 1.54) is 0 Å². The smallest absolute Gasteiger partial charge is 0.408 e. The van der Waals surface area contributed by atoms with E-state index in [2.05, 4.69) is 16.9 Å². The highest BCUT2D eigenvalue weighted by molar-refractivity contribution is 5.68. The Balaban J connectivity index is 2.70. The maximum Gasteiger partial charge on any atom is 0.408 e. The zero-order valence-electron chi connectivity index (χ0n) is 11.1. The summed E-state index contributed by atoms with van der Waals surface area (Å²) in [6, 6.07) is 3.59. The van der Waals surface area contributed by atoms with Crippen molar-refractivity contribution in [3.05, 3.63) is 42.7 Å². The Labute approximate surface area is 108 Å². The summed E-state index contributed by atoms with van der Waals surface area (Å²) in [5.74, 6) is 0. The van der Waals surface area contributed by atoms with E-state index < -0.39 is 11.7 Å². The van der Waals surface area contributed by atoms with Gasteiger partial charge in [0.2, 0.25) is 0 Å². The second-order valence-corrected chi connectivity index (χ2v) is 5.01. The normalized spacial score (nSPS) is 12.6. The molecule has 1 amide bonds. The molecule has 1 aromatic rings. The van der Waals surface area contributed by atoms with Gasteiger partial charge in [0.1, 0.15) is 5.60 Å². The van der Waals surface area contributed by atoms with Crippen LogP contribution in [-0.2, 0) is 4.74 Å². The summed E-state index contributed by atoms with van der Waals surface area (Å²) < 4.78 is 5.23. The maximum absolute atomic E-state index is 11.7. The van der Waals surface area contributed by atoms with Gasteiger partial charge < -0.3 is 10.1 Å². The number of hydrogen-bond donors (Lipinski definition) is 1. The van der Waals surface area contributed by atoms with Crippen LogP contribution >= 0.6 is 0 Å². The zero-order chi connectivity index (χ0) is 13.6. The minimum Gasteiger partial charge on any atom is -0.444 e. The van der Waals surface area contributed by atoms with Crippen molar-refractivity contribution < 1.29 is 9.53 Å². The van der Waals surface area contributed by atoms with Gasteiger partial charge in [0.15, 0.2) is 0 Å². The summed E-state index contributed by atoms with van der Waals surface area (Å²) in [5, 5.41) is 2.82. The van der Waals surface area contributed by atoms with Crippen LogP contribution in [0.5, 0.6) is 0 Å². The molecule has 0 radical (unpaired) electrons. The predicted octanol–water partition coefficient (Wildman–Crippen LogP) is 3.22. The second-order valence-electron chi connectivity index (χ2n) is 5.01. The molecular weight excluding hydrogens is 228 g/mol. The van der Waals surface area contributed by atoms with E-state index in [-0.39, 0.29) is 6.04 Å². The lowest BCUT2D eigenvalue weighted by Gasteiger charge is -2.23. The number of carbonyl (C=O) groups excluding carboxylic acids is 1. The van der Waals surface area contributed by atoms with E-state index >= 15 is 0 Å². The molecule has 0 fully saturated rings. The van der Waals surface area contributed by atoms with Crippen LogP contribution in [-0.4, -0.2) is 16.7 Å². The number of rotatable bonds is 4. The predicted molar refractivity (Wildman–Crippen MR) is 71.2 cm³/mol. The van der Waals surface area contributed by atoms with Gasteiger partial charge in [-0.2, -0.15) is 0 Å². The number of pyridine rings is 1. The van der Waals surface area contributed by atoms with Gasteiger partial charge >= 0.3 is 6.09 Å². The first-order chi connectivity index (χ1) is 8.42. The Bertz CT molecular complexity index is 396. The Morgan fingerprint density at radius 3 is 2.83 bits per heavy atom. The van der Waals surface area contributed by atoms with Crippen molar-refractivity contribution in [1.82, 2.24) is 10.3 Å². The fourth-order valence-corrected chi connectivity index (χ4v) is 1.48. The molecule has 18 heavy (non-hydrogen) atoms. The topological polar surface area (TPSA) is 51.2 Å². The van der Waals surface area contributed by atoms with Crippen molar-refractivity contribution in [2.45, 2.75) is 38.8 Å². The van der Waals surface area contributed by atoms with Crippen LogP contribution in [0.4, 0.5) is 4.79 Å². The van der Waals surface area contributed by atoms with E-state index in [1.807, 2.05) is 32.9 Å². The summed E-state index contributed by atoms with van der Waals surface area (Å²) in [7, 11) is 0. The quantitative estimate of drug-likeness (QED) is 0.832. The first-order valence-corrected chi connectivity index (χ1v) is 5.92. The standard InChI is InChI=1S/C14H20N2O2/c1-5-7-12(11-8-6-9-15-10-11)16-13(17)18-14(2,3)4/h5-6,8-10,12H,1,7H2,2-4H3,(H,16,17)/t12-/m1/s1. The average molecular weight is 248 g/mol. The molecule has 0 aliphatic rings. The van der Waals surface area contributed by atoms with Gasteiger partial charge in [-0.15, -0.1) is 6.58 Å². The Hall–Kier alpha value is -1.84. The van der Waals surface area contributed by atoms with E-state index in [4.69, 9.17) is 4.74 Å². The van der Waals surface area contributed by atoms with Gasteiger partial charge in [-0.3, -0.25) is 4.98 Å². The molecule has 0 aliphatic heterocycles. The van der Waals surface area contributed by atoms with Crippen LogP contribution < -0.4 is 5.32 Å². The molecule has 0 spiro atoms. The molecule has 0 aliphatic carbocycles. The fraction of sp³-hybridized carbons (Fsp3) is 0.429. The Kier molecular flexibility index (Phi) is 4.89. The molecule has 4 nitrogen and oxygen atoms in total. The first kappa shape index (κ1) is 14.2. The van der Waals surface area contributed by atoms with Gasteiger partial charge in [-0.1, -0.05) is 12.1 Å². The van der Waals surface area contributed by atoms with Gasteiger partial charge in [0, 0.05) is 12.4 Å². The number of ether oxygens (including phenoxy) is 1. The highest BCUT2D eigenvalue weighted by Gasteiger charge is 2.19. The molecule has 1 rings (SSSR count). The monoisotopic (exact) mass is 248 g/mol. The lowest BCUT2D eigenvalue weighted by atomic mass is 10.1. The second kappa shape index (κ2) is 6.19. The molecule has 1 aromatic heterocycles. The average Bonchev–Trinajstić information content (AvgIpc) is 2.27. The third-order valence-electron chi connectivity index (χ3n) is 2.18. The summed E-state index contributed by atoms with van der Waals surface area (Å²) >= 11 is 0. The summed E-state index contributed by atoms with van der Waals surface area (Å²) in [5.41, 5.74) is 0.431. The summed E-state index contributed by atoms with van der Waals surface area (Å²) in [4.78, 5) is 15.8. The summed E-state index contributed by atoms with van der Waals surface area (Å²) in [6.45, 7) is 9.19. The van der Waals surface area contributed by atoms with Gasteiger partial charge in [-0.25, -0.2) is 4.79 Å². The fourth-order valence-electron chi connectivity index (χ4n) is 1.48. The van der Waals surface area contributed by atoms with Crippen molar-refractivity contribution in [2.75, 3.05) is 0 Å². The molecular formula is C14H20N2O2. The largest absolute Gasteiger partial charge is 0.444 e. The Morgan fingerprint density at radius 1 is 1.61 bits per heavy atom. The lowest BCUT2D eigenvalue weighted by Crippen LogP contribution is -2.34. The third kappa shape index (κ3) is 4.99. The molecule has 98 valence electrons. The van der Waals surface area contributed by atoms with Crippen LogP contribution in [0.15, 0.2) is 37.2 Å². The molecule has 1 heterocycles. The van der Waals surface area contributed by atoms with Crippen molar-refractivity contribution in [1.29, 1.82) is 0 Å². The van der Waals surface area contributed by atoms with Crippen LogP contribution in [0.2, 0.25) is 0 Å². The molecule has 0 aromatic carbocycles. The first-order valence-electron chi connectivity index (χ1n) is 5.92. The highest BCUT2D eigenvalue weighted by atomic mass is 16.6. The molecule has 4 heteroatoms. The molecule has 1 atom stereocenters. The van der Waals surface area contributed by atoms with Crippen molar-refractivity contribution in [3.63, 3.8) is 0 Å². The van der Waals surface area contributed by atoms with Gasteiger partial charge in [-0.05, 0) is 38.8 Å². The van der Waals surface area contributed by atoms with Crippen molar-refractivity contribution in [2.24, 2.45) is 0 Å². The molecule has 0 saturated carbocycles. The van der Waals surface area contributed by atoms with Crippen molar-refractivity contribution >= 4 is 6.09 Å². The SMILES string of the molecule is C=CC[C@@H](NC(=O)OC(C)(C)C)c1cccnc1. The number of alkyl carbamates (subject to hydrolysis) is 1. The third-order valence-corrected chi connectivity index (χ3v) is 2.18. The van der Waals surface area contributed by atoms with Crippen LogP contribution in [0.25, 0.3) is 0 Å². The van der Waals surface area contributed by atoms with E-state index in [0.717, 1.165) is 5.56 Å². The zero-order valence-corrected chi connectivity index (χ0v) is 11.1. The molecule has 1 N–H and O–H groups in total. The highest BCUT2D eigenvalue weighted by Crippen LogP contribution is 2.17. The van der Waals surface area contributed by atoms with Gasteiger partial charge in [0.25, 0.3) is 0 Å². The Morgan fingerprint density at radius 2 is 2.33 bits per heavy atom. The number of nitrogens with zero attached hydrogens (tertiary/aromatic N) is 1. The van der Waals surface area contributed by atoms with Crippen LogP contribution in [0, 0.1) is 0 Å². The van der Waals surface area contributed by atoms with E-state index in [9.17, 15) is 4.79 Å².